The molecule has 0 N–H and O–H groups in total. The number of halogens is 1. The van der Waals surface area contributed by atoms with Crippen molar-refractivity contribution in [3.8, 4) is 0 Å². The monoisotopic (exact) mass is 360 g/mol. The molecule has 23 heavy (non-hydrogen) atoms. The fraction of sp³-hybridized carbons (Fsp3) is 0. The molecule has 0 radical (unpaired) electrons. The average molecular weight is 361 g/mol. The summed E-state index contributed by atoms with van der Waals surface area (Å²) in [6.07, 6.45) is 0. The van der Waals surface area contributed by atoms with Crippen LogP contribution in [0.5, 0.6) is 0 Å². The molecule has 1 aliphatic rings. The van der Waals surface area contributed by atoms with Gasteiger partial charge in [0.2, 0.25) is 0 Å². The molecule has 0 bridgehead atoms. The summed E-state index contributed by atoms with van der Waals surface area (Å²) in [5.41, 5.74) is 5.90. The van der Waals surface area contributed by atoms with Crippen molar-refractivity contribution in [2.75, 3.05) is 0 Å². The van der Waals surface area contributed by atoms with E-state index >= 15 is 0 Å². The first-order valence-corrected chi connectivity index (χ1v) is 8.19. The van der Waals surface area contributed by atoms with Gasteiger partial charge in [-0.05, 0) is 30.3 Å². The summed E-state index contributed by atoms with van der Waals surface area (Å²) < 4.78 is 1.05. The van der Waals surface area contributed by atoms with Crippen LogP contribution in [0, 0.1) is 0 Å². The lowest BCUT2D eigenvalue weighted by Gasteiger charge is -2.05. The number of benzene rings is 3. The molecule has 0 aliphatic carbocycles. The van der Waals surface area contributed by atoms with Crippen molar-refractivity contribution < 1.29 is 0 Å². The first-order valence-electron chi connectivity index (χ1n) is 7.39. The Bertz CT molecular complexity index is 910. The quantitative estimate of drug-likeness (QED) is 0.559. The zero-order chi connectivity index (χ0) is 15.6. The molecule has 1 aliphatic heterocycles. The highest BCUT2D eigenvalue weighted by molar-refractivity contribution is 9.10. The van der Waals surface area contributed by atoms with Crippen molar-refractivity contribution in [3.05, 3.63) is 94.5 Å². The van der Waals surface area contributed by atoms with E-state index in [4.69, 9.17) is 9.98 Å². The SMILES string of the molecule is Brc1ccc(C2=Nc3ccccc3C2=Nc2ccccc2)cc1. The van der Waals surface area contributed by atoms with Gasteiger partial charge in [-0.1, -0.05) is 64.5 Å². The van der Waals surface area contributed by atoms with E-state index in [1.54, 1.807) is 0 Å². The maximum Gasteiger partial charge on any atom is 0.0993 e. The number of rotatable bonds is 2. The van der Waals surface area contributed by atoms with Crippen LogP contribution in [0.25, 0.3) is 0 Å². The Hall–Kier alpha value is -2.52. The lowest BCUT2D eigenvalue weighted by molar-refractivity contribution is 1.51. The molecule has 3 heteroatoms. The molecule has 0 fully saturated rings. The third-order valence-corrected chi connectivity index (χ3v) is 4.26. The molecule has 4 rings (SSSR count). The molecule has 1 heterocycles. The van der Waals surface area contributed by atoms with E-state index in [1.165, 1.54) is 0 Å². The number of hydrogen-bond acceptors (Lipinski definition) is 2. The smallest absolute Gasteiger partial charge is 0.0993 e. The van der Waals surface area contributed by atoms with Crippen molar-refractivity contribution in [2.45, 2.75) is 0 Å². The summed E-state index contributed by atoms with van der Waals surface area (Å²) in [5.74, 6) is 0. The van der Waals surface area contributed by atoms with Gasteiger partial charge in [0.15, 0.2) is 0 Å². The van der Waals surface area contributed by atoms with E-state index in [0.29, 0.717) is 0 Å². The van der Waals surface area contributed by atoms with E-state index < -0.39 is 0 Å². The minimum atomic E-state index is 0.919. The van der Waals surface area contributed by atoms with Crippen molar-refractivity contribution in [2.24, 2.45) is 9.98 Å². The van der Waals surface area contributed by atoms with Crippen LogP contribution in [0.4, 0.5) is 11.4 Å². The molecule has 0 amide bonds. The predicted molar refractivity (Wildman–Crippen MR) is 99.4 cm³/mol. The summed E-state index contributed by atoms with van der Waals surface area (Å²) >= 11 is 3.48. The molecule has 0 saturated heterocycles. The van der Waals surface area contributed by atoms with Gasteiger partial charge in [0.1, 0.15) is 0 Å². The molecular weight excluding hydrogens is 348 g/mol. The Balaban J connectivity index is 1.87. The summed E-state index contributed by atoms with van der Waals surface area (Å²) in [4.78, 5) is 9.65. The summed E-state index contributed by atoms with van der Waals surface area (Å²) in [7, 11) is 0. The van der Waals surface area contributed by atoms with E-state index in [0.717, 1.165) is 38.4 Å². The van der Waals surface area contributed by atoms with E-state index in [2.05, 4.69) is 34.1 Å². The summed E-state index contributed by atoms with van der Waals surface area (Å²) in [6.45, 7) is 0. The number of aliphatic imine (C=N–C) groups is 2. The fourth-order valence-electron chi connectivity index (χ4n) is 2.63. The molecule has 0 saturated carbocycles. The Morgan fingerprint density at radius 2 is 1.43 bits per heavy atom. The molecule has 3 aromatic rings. The molecule has 2 nitrogen and oxygen atoms in total. The van der Waals surface area contributed by atoms with Gasteiger partial charge in [0.05, 0.1) is 22.8 Å². The van der Waals surface area contributed by atoms with Gasteiger partial charge in [-0.3, -0.25) is 0 Å². The van der Waals surface area contributed by atoms with Gasteiger partial charge < -0.3 is 0 Å². The minimum absolute atomic E-state index is 0.919. The molecule has 110 valence electrons. The van der Waals surface area contributed by atoms with Crippen LogP contribution in [0.1, 0.15) is 11.1 Å². The van der Waals surface area contributed by atoms with Crippen molar-refractivity contribution >= 4 is 38.7 Å². The van der Waals surface area contributed by atoms with Gasteiger partial charge in [-0.25, -0.2) is 9.98 Å². The van der Waals surface area contributed by atoms with Crippen LogP contribution >= 0.6 is 15.9 Å². The largest absolute Gasteiger partial charge is 0.246 e. The highest BCUT2D eigenvalue weighted by Crippen LogP contribution is 2.31. The summed E-state index contributed by atoms with van der Waals surface area (Å²) in [6, 6.07) is 26.3. The standard InChI is InChI=1S/C20H13BrN2/c21-15-12-10-14(11-13-15)19-20(22-16-6-2-1-3-7-16)17-8-4-5-9-18(17)23-19/h1-13H. The van der Waals surface area contributed by atoms with E-state index in [9.17, 15) is 0 Å². The zero-order valence-corrected chi connectivity index (χ0v) is 13.9. The lowest BCUT2D eigenvalue weighted by Crippen LogP contribution is -2.12. The number of fused-ring (bicyclic) bond motifs is 1. The van der Waals surface area contributed by atoms with E-state index in [-0.39, 0.29) is 0 Å². The molecule has 0 aromatic heterocycles. The van der Waals surface area contributed by atoms with Gasteiger partial charge in [-0.15, -0.1) is 0 Å². The maximum atomic E-state index is 4.85. The van der Waals surface area contributed by atoms with Crippen LogP contribution in [0.2, 0.25) is 0 Å². The third kappa shape index (κ3) is 2.76. The number of hydrogen-bond donors (Lipinski definition) is 0. The Morgan fingerprint density at radius 1 is 0.739 bits per heavy atom. The Labute approximate surface area is 143 Å². The highest BCUT2D eigenvalue weighted by atomic mass is 79.9. The topological polar surface area (TPSA) is 24.7 Å². The normalized spacial score (nSPS) is 14.7. The van der Waals surface area contributed by atoms with Crippen LogP contribution in [-0.2, 0) is 0 Å². The van der Waals surface area contributed by atoms with E-state index in [1.807, 2.05) is 60.7 Å². The van der Waals surface area contributed by atoms with Gasteiger partial charge in [-0.2, -0.15) is 0 Å². The molecule has 0 spiro atoms. The molecule has 3 aromatic carbocycles. The van der Waals surface area contributed by atoms with Gasteiger partial charge in [0, 0.05) is 15.6 Å². The predicted octanol–water partition coefficient (Wildman–Crippen LogP) is 5.70. The summed E-state index contributed by atoms with van der Waals surface area (Å²) in [5, 5.41) is 0. The lowest BCUT2D eigenvalue weighted by atomic mass is 10.0. The minimum Gasteiger partial charge on any atom is -0.246 e. The van der Waals surface area contributed by atoms with Crippen LogP contribution in [-0.4, -0.2) is 11.4 Å². The molecule has 0 atom stereocenters. The molecular formula is C20H13BrN2. The Morgan fingerprint density at radius 3 is 2.22 bits per heavy atom. The van der Waals surface area contributed by atoms with Crippen molar-refractivity contribution in [3.63, 3.8) is 0 Å². The van der Waals surface area contributed by atoms with Crippen LogP contribution < -0.4 is 0 Å². The highest BCUT2D eigenvalue weighted by Gasteiger charge is 2.23. The van der Waals surface area contributed by atoms with Gasteiger partial charge in [0.25, 0.3) is 0 Å². The van der Waals surface area contributed by atoms with Crippen LogP contribution in [0.15, 0.2) is 93.3 Å². The molecule has 0 unspecified atom stereocenters. The zero-order valence-electron chi connectivity index (χ0n) is 12.3. The Kier molecular flexibility index (Phi) is 3.64. The second kappa shape index (κ2) is 5.94. The second-order valence-corrected chi connectivity index (χ2v) is 6.20. The van der Waals surface area contributed by atoms with Crippen molar-refractivity contribution in [1.82, 2.24) is 0 Å². The first-order chi connectivity index (χ1) is 11.3. The van der Waals surface area contributed by atoms with Crippen molar-refractivity contribution in [1.29, 1.82) is 0 Å². The van der Waals surface area contributed by atoms with Gasteiger partial charge >= 0.3 is 0 Å². The first kappa shape index (κ1) is 14.1. The second-order valence-electron chi connectivity index (χ2n) is 5.28. The average Bonchev–Trinajstić information content (AvgIpc) is 2.95. The third-order valence-electron chi connectivity index (χ3n) is 3.73. The van der Waals surface area contributed by atoms with Crippen LogP contribution in [0.3, 0.4) is 0 Å². The number of nitrogens with zero attached hydrogens (tertiary/aromatic N) is 2. The fourth-order valence-corrected chi connectivity index (χ4v) is 2.89. The number of para-hydroxylation sites is 2. The maximum absolute atomic E-state index is 4.85.